The molecule has 2 aromatic heterocycles. The molecule has 0 amide bonds. The van der Waals surface area contributed by atoms with Crippen molar-refractivity contribution in [1.82, 2.24) is 25.2 Å². The highest BCUT2D eigenvalue weighted by molar-refractivity contribution is 7.22. The Balaban J connectivity index is 1.47. The molecule has 2 atom stereocenters. The van der Waals surface area contributed by atoms with Crippen molar-refractivity contribution in [2.45, 2.75) is 24.7 Å². The highest BCUT2D eigenvalue weighted by atomic mass is 35.5. The number of hydrogen-bond donors (Lipinski definition) is 3. The number of nitrogen functional groups attached to an aromatic ring is 1. The Morgan fingerprint density at radius 2 is 2.05 bits per heavy atom. The second kappa shape index (κ2) is 9.43. The van der Waals surface area contributed by atoms with Crippen molar-refractivity contribution in [2.24, 2.45) is 0 Å². The van der Waals surface area contributed by atoms with E-state index >= 15 is 4.39 Å². The number of hydrogen-bond acceptors (Lipinski definition) is 9. The molecule has 2 fully saturated rings. The number of likely N-dealkylation sites (N-methyl/N-ethyl adjacent to an activating group) is 1. The predicted octanol–water partition coefficient (Wildman–Crippen LogP) is 4.23. The molecule has 0 saturated carbocycles. The van der Waals surface area contributed by atoms with Gasteiger partial charge in [-0.3, -0.25) is 4.90 Å². The predicted molar refractivity (Wildman–Crippen MR) is 139 cm³/mol. The highest BCUT2D eigenvalue weighted by Gasteiger charge is 2.30. The highest BCUT2D eigenvalue weighted by Crippen LogP contribution is 2.42. The van der Waals surface area contributed by atoms with Gasteiger partial charge in [-0.15, -0.1) is 0 Å². The normalized spacial score (nSPS) is 20.6. The molecule has 0 aliphatic carbocycles. The van der Waals surface area contributed by atoms with Crippen LogP contribution in [0.15, 0.2) is 18.2 Å². The van der Waals surface area contributed by atoms with Crippen molar-refractivity contribution in [3.63, 3.8) is 0 Å². The van der Waals surface area contributed by atoms with Crippen LogP contribution in [0.1, 0.15) is 6.42 Å². The summed E-state index contributed by atoms with van der Waals surface area (Å²) in [6.45, 7) is 1.93. The van der Waals surface area contributed by atoms with Crippen LogP contribution in [0.3, 0.4) is 0 Å². The monoisotopic (exact) mass is 549 g/mol. The zero-order chi connectivity index (χ0) is 25.8. The summed E-state index contributed by atoms with van der Waals surface area (Å²) in [5.41, 5.74) is 6.36. The number of anilines is 2. The van der Waals surface area contributed by atoms with Gasteiger partial charge in [0.15, 0.2) is 10.9 Å². The lowest BCUT2D eigenvalue weighted by molar-refractivity contribution is 0.188. The molecule has 37 heavy (non-hydrogen) atoms. The number of likely N-dealkylation sites (tertiary alicyclic amines) is 1. The smallest absolute Gasteiger partial charge is 0.319 e. The van der Waals surface area contributed by atoms with Gasteiger partial charge >= 0.3 is 6.01 Å². The molecule has 194 valence electrons. The summed E-state index contributed by atoms with van der Waals surface area (Å²) in [6.07, 6.45) is -0.581. The second-order valence-electron chi connectivity index (χ2n) is 9.36. The molecule has 2 saturated heterocycles. The number of nitrogens with one attached hydrogen (secondary N) is 2. The molecular weight excluding hydrogens is 527 g/mol. The molecule has 8 nitrogen and oxygen atoms in total. The van der Waals surface area contributed by atoms with Crippen molar-refractivity contribution in [1.29, 1.82) is 0 Å². The fourth-order valence-corrected chi connectivity index (χ4v) is 5.81. The van der Waals surface area contributed by atoms with Gasteiger partial charge in [0.1, 0.15) is 29.9 Å². The number of ether oxygens (including phenoxy) is 1. The maximum Gasteiger partial charge on any atom is 0.319 e. The van der Waals surface area contributed by atoms with E-state index in [2.05, 4.69) is 25.6 Å². The number of alkyl halides is 1. The van der Waals surface area contributed by atoms with E-state index in [4.69, 9.17) is 22.1 Å². The van der Waals surface area contributed by atoms with E-state index in [1.165, 1.54) is 12.1 Å². The van der Waals surface area contributed by atoms with Crippen LogP contribution in [0.4, 0.5) is 24.1 Å². The van der Waals surface area contributed by atoms with Gasteiger partial charge in [0.25, 0.3) is 0 Å². The minimum atomic E-state index is -0.922. The van der Waals surface area contributed by atoms with E-state index in [1.807, 2.05) is 11.9 Å². The largest absolute Gasteiger partial charge is 0.462 e. The van der Waals surface area contributed by atoms with Crippen LogP contribution in [-0.4, -0.2) is 71.4 Å². The number of thiazole rings is 1. The molecule has 0 unspecified atom stereocenters. The first-order chi connectivity index (χ1) is 17.8. The molecule has 0 spiro atoms. The van der Waals surface area contributed by atoms with Gasteiger partial charge in [-0.2, -0.15) is 9.97 Å². The molecule has 2 aliphatic rings. The van der Waals surface area contributed by atoms with Gasteiger partial charge in [-0.05, 0) is 31.7 Å². The van der Waals surface area contributed by atoms with Gasteiger partial charge in [0, 0.05) is 42.2 Å². The number of nitrogens with two attached hydrogens (primary N) is 1. The van der Waals surface area contributed by atoms with Gasteiger partial charge in [-0.1, -0.05) is 22.9 Å². The van der Waals surface area contributed by atoms with Crippen LogP contribution in [0.5, 0.6) is 6.01 Å². The summed E-state index contributed by atoms with van der Waals surface area (Å²) in [6, 6.07) is 4.15. The average molecular weight is 550 g/mol. The quantitative estimate of drug-likeness (QED) is 0.329. The summed E-state index contributed by atoms with van der Waals surface area (Å²) in [5.74, 6) is -0.841. The lowest BCUT2D eigenvalue weighted by Crippen LogP contribution is -2.51. The first kappa shape index (κ1) is 24.4. The lowest BCUT2D eigenvalue weighted by atomic mass is 10.0. The standard InChI is InChI=1S/C24H23ClF3N7OS/c1-35-8-10(26)4-12(35)9-36-24-33-19-14(22(34-24)31-11-6-30-7-11)5-15(25)17(18(19)28)13-2-3-16(27)21-20(13)32-23(29)37-21/h2-3,5,10-12,30H,4,6-9H2,1H3,(H2,29,32)(H,31,33,34)/t10-,12+/m1/s1. The van der Waals surface area contributed by atoms with Gasteiger partial charge < -0.3 is 21.1 Å². The zero-order valence-electron chi connectivity index (χ0n) is 19.7. The van der Waals surface area contributed by atoms with Crippen LogP contribution in [0.2, 0.25) is 5.02 Å². The fourth-order valence-electron chi connectivity index (χ4n) is 4.75. The van der Waals surface area contributed by atoms with Gasteiger partial charge in [-0.25, -0.2) is 18.2 Å². The van der Waals surface area contributed by atoms with Crippen molar-refractivity contribution in [3.8, 4) is 17.1 Å². The van der Waals surface area contributed by atoms with E-state index in [-0.39, 0.29) is 56.2 Å². The minimum Gasteiger partial charge on any atom is -0.462 e. The van der Waals surface area contributed by atoms with Crippen molar-refractivity contribution in [3.05, 3.63) is 34.9 Å². The summed E-state index contributed by atoms with van der Waals surface area (Å²) >= 11 is 7.58. The Morgan fingerprint density at radius 1 is 1.24 bits per heavy atom. The van der Waals surface area contributed by atoms with Gasteiger partial charge in [0.05, 0.1) is 21.3 Å². The first-order valence-corrected chi connectivity index (χ1v) is 13.0. The molecule has 4 heterocycles. The first-order valence-electron chi connectivity index (χ1n) is 11.8. The molecule has 13 heteroatoms. The van der Waals surface area contributed by atoms with Crippen molar-refractivity contribution >= 4 is 55.0 Å². The van der Waals surface area contributed by atoms with Gasteiger partial charge in [0.2, 0.25) is 0 Å². The summed E-state index contributed by atoms with van der Waals surface area (Å²) in [7, 11) is 1.83. The Morgan fingerprint density at radius 3 is 2.76 bits per heavy atom. The summed E-state index contributed by atoms with van der Waals surface area (Å²) in [5, 5.41) is 7.09. The third-order valence-corrected chi connectivity index (χ3v) is 8.00. The molecule has 6 rings (SSSR count). The number of rotatable bonds is 6. The Hall–Kier alpha value is -2.93. The van der Waals surface area contributed by atoms with Crippen LogP contribution in [0.25, 0.3) is 32.2 Å². The van der Waals surface area contributed by atoms with Crippen LogP contribution >= 0.6 is 22.9 Å². The summed E-state index contributed by atoms with van der Waals surface area (Å²) < 4.78 is 50.5. The molecule has 2 aliphatic heterocycles. The Bertz CT molecular complexity index is 1520. The second-order valence-corrected chi connectivity index (χ2v) is 10.8. The number of aromatic nitrogens is 3. The number of benzene rings is 2. The molecular formula is C24H23ClF3N7OS. The SMILES string of the molecule is CN1C[C@H](F)C[C@H]1COc1nc(NC2CNC2)c2cc(Cl)c(-c3ccc(F)c4sc(N)nc34)c(F)c2n1. The number of halogens is 4. The van der Waals surface area contributed by atoms with Crippen LogP contribution < -0.4 is 21.1 Å². The van der Waals surface area contributed by atoms with Crippen LogP contribution in [-0.2, 0) is 0 Å². The fraction of sp³-hybridized carbons (Fsp3) is 0.375. The Labute approximate surface area is 219 Å². The maximum absolute atomic E-state index is 16.2. The topological polar surface area (TPSA) is 101 Å². The van der Waals surface area contributed by atoms with E-state index in [9.17, 15) is 8.78 Å². The van der Waals surface area contributed by atoms with Crippen molar-refractivity contribution < 1.29 is 17.9 Å². The zero-order valence-corrected chi connectivity index (χ0v) is 21.3. The molecule has 2 aromatic carbocycles. The van der Waals surface area contributed by atoms with E-state index in [1.54, 1.807) is 6.07 Å². The van der Waals surface area contributed by atoms with Crippen molar-refractivity contribution in [2.75, 3.05) is 44.3 Å². The Kier molecular flexibility index (Phi) is 6.22. The van der Waals surface area contributed by atoms with E-state index < -0.39 is 17.8 Å². The maximum atomic E-state index is 16.2. The third kappa shape index (κ3) is 4.41. The molecule has 0 radical (unpaired) electrons. The molecule has 4 aromatic rings. The average Bonchev–Trinajstić information content (AvgIpc) is 3.38. The third-order valence-electron chi connectivity index (χ3n) is 6.81. The van der Waals surface area contributed by atoms with Crippen LogP contribution in [0, 0.1) is 11.6 Å². The summed E-state index contributed by atoms with van der Waals surface area (Å²) in [4.78, 5) is 15.0. The number of fused-ring (bicyclic) bond motifs is 2. The number of nitrogens with zero attached hydrogens (tertiary/aromatic N) is 4. The molecule has 0 bridgehead atoms. The van der Waals surface area contributed by atoms with E-state index in [0.29, 0.717) is 29.7 Å². The van der Waals surface area contributed by atoms with E-state index in [0.717, 1.165) is 24.4 Å². The lowest BCUT2D eigenvalue weighted by Gasteiger charge is -2.29. The minimum absolute atomic E-state index is 0.0111. The molecule has 4 N–H and O–H groups in total.